The lowest BCUT2D eigenvalue weighted by atomic mass is 10.1. The Hall–Kier alpha value is -2.54. The Labute approximate surface area is 97.1 Å². The number of aromatic amines is 1. The van der Waals surface area contributed by atoms with Gasteiger partial charge in [0.15, 0.2) is 0 Å². The molecule has 0 bridgehead atoms. The van der Waals surface area contributed by atoms with Gasteiger partial charge in [-0.05, 0) is 6.07 Å². The molecule has 0 aliphatic rings. The Bertz CT molecular complexity index is 786. The van der Waals surface area contributed by atoms with E-state index in [9.17, 15) is 4.79 Å². The van der Waals surface area contributed by atoms with Crippen molar-refractivity contribution in [1.82, 2.24) is 9.55 Å². The highest BCUT2D eigenvalue weighted by Crippen LogP contribution is 2.30. The quantitative estimate of drug-likeness (QED) is 0.636. The van der Waals surface area contributed by atoms with Crippen molar-refractivity contribution >= 4 is 27.8 Å². The van der Waals surface area contributed by atoms with Crippen LogP contribution in [0.4, 0.5) is 0 Å². The number of benzene rings is 1. The lowest BCUT2D eigenvalue weighted by Crippen LogP contribution is -2.04. The minimum absolute atomic E-state index is 0.0671. The van der Waals surface area contributed by atoms with Crippen LogP contribution in [0, 0.1) is 11.3 Å². The van der Waals surface area contributed by atoms with E-state index in [4.69, 9.17) is 5.26 Å². The van der Waals surface area contributed by atoms with Gasteiger partial charge in [0.05, 0.1) is 11.1 Å². The molecule has 17 heavy (non-hydrogen) atoms. The first kappa shape index (κ1) is 9.67. The molecule has 0 radical (unpaired) electrons. The Morgan fingerprint density at radius 1 is 1.41 bits per heavy atom. The third-order valence-electron chi connectivity index (χ3n) is 2.93. The van der Waals surface area contributed by atoms with Gasteiger partial charge in [0, 0.05) is 23.9 Å². The zero-order valence-corrected chi connectivity index (χ0v) is 9.19. The number of carbonyl (C=O) groups is 1. The van der Waals surface area contributed by atoms with Crippen LogP contribution in [-0.2, 0) is 0 Å². The number of carbonyl (C=O) groups excluding carboxylic acids is 1. The molecule has 4 heteroatoms. The molecule has 2 aromatic heterocycles. The highest BCUT2D eigenvalue weighted by molar-refractivity contribution is 6.14. The summed E-state index contributed by atoms with van der Waals surface area (Å²) < 4.78 is 1.60. The Balaban J connectivity index is 2.64. The van der Waals surface area contributed by atoms with Crippen molar-refractivity contribution in [2.75, 3.05) is 0 Å². The van der Waals surface area contributed by atoms with Crippen LogP contribution in [0.15, 0.2) is 30.5 Å². The zero-order valence-electron chi connectivity index (χ0n) is 9.19. The van der Waals surface area contributed by atoms with E-state index in [2.05, 4.69) is 11.1 Å². The van der Waals surface area contributed by atoms with Gasteiger partial charge in [-0.15, -0.1) is 0 Å². The van der Waals surface area contributed by atoms with Crippen molar-refractivity contribution in [3.63, 3.8) is 0 Å². The van der Waals surface area contributed by atoms with E-state index < -0.39 is 0 Å². The van der Waals surface area contributed by atoms with Crippen LogP contribution in [0.25, 0.3) is 21.9 Å². The number of nitrogens with zero attached hydrogens (tertiary/aromatic N) is 2. The average molecular weight is 223 g/mol. The molecule has 0 spiro atoms. The van der Waals surface area contributed by atoms with Gasteiger partial charge in [-0.1, -0.05) is 18.2 Å². The molecule has 82 valence electrons. The number of H-pyrrole nitrogens is 1. The lowest BCUT2D eigenvalue weighted by molar-refractivity contribution is 0.0946. The molecule has 0 fully saturated rings. The SMILES string of the molecule is CC(=O)n1c2ccccc2c2c(C#N)c[nH]c21. The van der Waals surface area contributed by atoms with Crippen LogP contribution in [0.3, 0.4) is 0 Å². The smallest absolute Gasteiger partial charge is 0.229 e. The predicted molar refractivity (Wildman–Crippen MR) is 64.8 cm³/mol. The third kappa shape index (κ3) is 1.14. The standard InChI is InChI=1S/C13H9N3O/c1-8(17)16-11-5-3-2-4-10(11)12-9(6-14)7-15-13(12)16/h2-5,7,15H,1H3. The number of hydrogen-bond donors (Lipinski definition) is 1. The van der Waals surface area contributed by atoms with Gasteiger partial charge in [-0.25, -0.2) is 0 Å². The number of nitriles is 1. The molecule has 0 amide bonds. The Morgan fingerprint density at radius 3 is 2.88 bits per heavy atom. The monoisotopic (exact) mass is 223 g/mol. The molecule has 4 nitrogen and oxygen atoms in total. The Morgan fingerprint density at radius 2 is 2.18 bits per heavy atom. The van der Waals surface area contributed by atoms with Crippen molar-refractivity contribution < 1.29 is 4.79 Å². The van der Waals surface area contributed by atoms with Gasteiger partial charge in [-0.2, -0.15) is 5.26 Å². The van der Waals surface area contributed by atoms with E-state index in [0.29, 0.717) is 11.2 Å². The lowest BCUT2D eigenvalue weighted by Gasteiger charge is -1.99. The molecule has 1 N–H and O–H groups in total. The van der Waals surface area contributed by atoms with Gasteiger partial charge >= 0.3 is 0 Å². The number of aromatic nitrogens is 2. The van der Waals surface area contributed by atoms with Gasteiger partial charge in [0.25, 0.3) is 0 Å². The summed E-state index contributed by atoms with van der Waals surface area (Å²) in [5, 5.41) is 10.8. The third-order valence-corrected chi connectivity index (χ3v) is 2.93. The number of para-hydroxylation sites is 1. The summed E-state index contributed by atoms with van der Waals surface area (Å²) in [6.07, 6.45) is 1.64. The first-order chi connectivity index (χ1) is 8.24. The number of hydrogen-bond acceptors (Lipinski definition) is 2. The van der Waals surface area contributed by atoms with E-state index >= 15 is 0 Å². The molecule has 2 heterocycles. The van der Waals surface area contributed by atoms with Crippen molar-refractivity contribution in [3.05, 3.63) is 36.0 Å². The molecular weight excluding hydrogens is 214 g/mol. The maximum atomic E-state index is 11.7. The number of fused-ring (bicyclic) bond motifs is 3. The van der Waals surface area contributed by atoms with E-state index in [0.717, 1.165) is 16.3 Å². The van der Waals surface area contributed by atoms with Crippen LogP contribution in [0.2, 0.25) is 0 Å². The zero-order chi connectivity index (χ0) is 12.0. The topological polar surface area (TPSA) is 61.6 Å². The normalized spacial score (nSPS) is 10.8. The summed E-state index contributed by atoms with van der Waals surface area (Å²) in [5.74, 6) is -0.0671. The minimum atomic E-state index is -0.0671. The summed E-state index contributed by atoms with van der Waals surface area (Å²) in [6.45, 7) is 1.51. The van der Waals surface area contributed by atoms with Crippen molar-refractivity contribution in [2.45, 2.75) is 6.92 Å². The molecule has 0 aliphatic heterocycles. The van der Waals surface area contributed by atoms with E-state index in [1.807, 2.05) is 24.3 Å². The fourth-order valence-electron chi connectivity index (χ4n) is 2.28. The predicted octanol–water partition coefficient (Wildman–Crippen LogP) is 2.65. The summed E-state index contributed by atoms with van der Waals surface area (Å²) >= 11 is 0. The average Bonchev–Trinajstić information content (AvgIpc) is 2.85. The number of rotatable bonds is 0. The fraction of sp³-hybridized carbons (Fsp3) is 0.0769. The maximum absolute atomic E-state index is 11.7. The summed E-state index contributed by atoms with van der Waals surface area (Å²) in [6, 6.07) is 9.73. The molecule has 3 rings (SSSR count). The second kappa shape index (κ2) is 3.22. The second-order valence-corrected chi connectivity index (χ2v) is 3.91. The van der Waals surface area contributed by atoms with Gasteiger partial charge < -0.3 is 4.98 Å². The molecule has 0 aliphatic carbocycles. The minimum Gasteiger partial charge on any atom is -0.346 e. The van der Waals surface area contributed by atoms with E-state index in [1.54, 1.807) is 10.8 Å². The molecule has 0 atom stereocenters. The van der Waals surface area contributed by atoms with Crippen molar-refractivity contribution in [1.29, 1.82) is 5.26 Å². The summed E-state index contributed by atoms with van der Waals surface area (Å²) in [7, 11) is 0. The van der Waals surface area contributed by atoms with E-state index in [1.165, 1.54) is 6.92 Å². The summed E-state index contributed by atoms with van der Waals surface area (Å²) in [4.78, 5) is 14.7. The van der Waals surface area contributed by atoms with Crippen LogP contribution in [-0.4, -0.2) is 15.5 Å². The molecule has 0 saturated heterocycles. The fourth-order valence-corrected chi connectivity index (χ4v) is 2.28. The van der Waals surface area contributed by atoms with Crippen molar-refractivity contribution in [2.24, 2.45) is 0 Å². The van der Waals surface area contributed by atoms with Gasteiger partial charge in [0.1, 0.15) is 11.7 Å². The first-order valence-corrected chi connectivity index (χ1v) is 5.25. The van der Waals surface area contributed by atoms with E-state index in [-0.39, 0.29) is 5.91 Å². The van der Waals surface area contributed by atoms with Crippen LogP contribution in [0.1, 0.15) is 17.3 Å². The highest BCUT2D eigenvalue weighted by Gasteiger charge is 2.16. The van der Waals surface area contributed by atoms with Crippen LogP contribution < -0.4 is 0 Å². The van der Waals surface area contributed by atoms with Crippen LogP contribution in [0.5, 0.6) is 0 Å². The van der Waals surface area contributed by atoms with Gasteiger partial charge in [0.2, 0.25) is 5.91 Å². The molecule has 0 saturated carbocycles. The van der Waals surface area contributed by atoms with Gasteiger partial charge in [-0.3, -0.25) is 9.36 Å². The summed E-state index contributed by atoms with van der Waals surface area (Å²) in [5.41, 5.74) is 2.09. The Kier molecular flexibility index (Phi) is 1.83. The number of nitrogens with one attached hydrogen (secondary N) is 1. The molecular formula is C13H9N3O. The van der Waals surface area contributed by atoms with Crippen molar-refractivity contribution in [3.8, 4) is 6.07 Å². The first-order valence-electron chi connectivity index (χ1n) is 5.25. The molecule has 1 aromatic carbocycles. The molecule has 0 unspecified atom stereocenters. The second-order valence-electron chi connectivity index (χ2n) is 3.91. The largest absolute Gasteiger partial charge is 0.346 e. The highest BCUT2D eigenvalue weighted by atomic mass is 16.1. The molecule has 3 aromatic rings. The van der Waals surface area contributed by atoms with Crippen LogP contribution >= 0.6 is 0 Å². The maximum Gasteiger partial charge on any atom is 0.229 e.